The Hall–Kier alpha value is -1.42. The van der Waals surface area contributed by atoms with Crippen molar-refractivity contribution < 1.29 is 9.47 Å². The summed E-state index contributed by atoms with van der Waals surface area (Å²) in [5, 5.41) is 3.43. The lowest BCUT2D eigenvalue weighted by atomic mass is 10.0. The van der Waals surface area contributed by atoms with Gasteiger partial charge < -0.3 is 20.5 Å². The zero-order chi connectivity index (χ0) is 13.7. The predicted molar refractivity (Wildman–Crippen MR) is 78.7 cm³/mol. The van der Waals surface area contributed by atoms with E-state index in [1.165, 1.54) is 6.42 Å². The SMILES string of the molecule is CC(C)Oc1cc(N)cc(NCC2CCCOC2)c1. The Labute approximate surface area is 115 Å². The van der Waals surface area contributed by atoms with Crippen molar-refractivity contribution in [1.29, 1.82) is 0 Å². The fraction of sp³-hybridized carbons (Fsp3) is 0.600. The number of hydrogen-bond donors (Lipinski definition) is 2. The molecule has 2 rings (SSSR count). The third-order valence-electron chi connectivity index (χ3n) is 3.15. The van der Waals surface area contributed by atoms with Gasteiger partial charge in [0.2, 0.25) is 0 Å². The number of anilines is 2. The molecule has 19 heavy (non-hydrogen) atoms. The maximum atomic E-state index is 5.90. The number of hydrogen-bond acceptors (Lipinski definition) is 4. The van der Waals surface area contributed by atoms with Crippen LogP contribution < -0.4 is 15.8 Å². The van der Waals surface area contributed by atoms with Crippen molar-refractivity contribution in [2.24, 2.45) is 5.92 Å². The molecule has 0 saturated carbocycles. The van der Waals surface area contributed by atoms with Crippen molar-refractivity contribution in [2.45, 2.75) is 32.8 Å². The minimum absolute atomic E-state index is 0.154. The molecule has 1 atom stereocenters. The van der Waals surface area contributed by atoms with Crippen LogP contribution in [0.3, 0.4) is 0 Å². The lowest BCUT2D eigenvalue weighted by molar-refractivity contribution is 0.0595. The first-order valence-electron chi connectivity index (χ1n) is 7.02. The average Bonchev–Trinajstić information content (AvgIpc) is 2.36. The molecule has 1 aliphatic heterocycles. The van der Waals surface area contributed by atoms with Crippen LogP contribution in [0.25, 0.3) is 0 Å². The summed E-state index contributed by atoms with van der Waals surface area (Å²) in [5.41, 5.74) is 7.64. The lowest BCUT2D eigenvalue weighted by Gasteiger charge is -2.23. The summed E-state index contributed by atoms with van der Waals surface area (Å²) in [4.78, 5) is 0. The van der Waals surface area contributed by atoms with Crippen molar-refractivity contribution in [1.82, 2.24) is 0 Å². The molecule has 0 spiro atoms. The highest BCUT2D eigenvalue weighted by molar-refractivity contribution is 5.59. The van der Waals surface area contributed by atoms with Crippen molar-refractivity contribution in [3.8, 4) is 5.75 Å². The lowest BCUT2D eigenvalue weighted by Crippen LogP contribution is -2.24. The Kier molecular flexibility index (Phi) is 4.91. The Balaban J connectivity index is 1.93. The topological polar surface area (TPSA) is 56.5 Å². The zero-order valence-electron chi connectivity index (χ0n) is 11.8. The highest BCUT2D eigenvalue weighted by atomic mass is 16.5. The first kappa shape index (κ1) is 14.0. The van der Waals surface area contributed by atoms with Crippen molar-refractivity contribution in [3.63, 3.8) is 0 Å². The van der Waals surface area contributed by atoms with Crippen molar-refractivity contribution in [3.05, 3.63) is 18.2 Å². The molecule has 4 nitrogen and oxygen atoms in total. The third-order valence-corrected chi connectivity index (χ3v) is 3.15. The molecule has 4 heteroatoms. The molecule has 106 valence electrons. The molecule has 1 heterocycles. The first-order valence-corrected chi connectivity index (χ1v) is 7.02. The van der Waals surface area contributed by atoms with Crippen LogP contribution in [-0.4, -0.2) is 25.9 Å². The van der Waals surface area contributed by atoms with Crippen molar-refractivity contribution >= 4 is 11.4 Å². The van der Waals surface area contributed by atoms with E-state index in [0.29, 0.717) is 5.92 Å². The van der Waals surface area contributed by atoms with E-state index in [-0.39, 0.29) is 6.10 Å². The molecule has 3 N–H and O–H groups in total. The second-order valence-electron chi connectivity index (χ2n) is 5.42. The van der Waals surface area contributed by atoms with Gasteiger partial charge in [0.05, 0.1) is 12.7 Å². The number of ether oxygens (including phenoxy) is 2. The van der Waals surface area contributed by atoms with Gasteiger partial charge in [0.25, 0.3) is 0 Å². The van der Waals surface area contributed by atoms with Gasteiger partial charge in [0, 0.05) is 36.7 Å². The van der Waals surface area contributed by atoms with Gasteiger partial charge in [-0.3, -0.25) is 0 Å². The van der Waals surface area contributed by atoms with Crippen LogP contribution in [0.5, 0.6) is 5.75 Å². The van der Waals surface area contributed by atoms with Gasteiger partial charge in [-0.05, 0) is 38.7 Å². The maximum absolute atomic E-state index is 5.90. The second kappa shape index (κ2) is 6.66. The molecule has 0 aromatic heterocycles. The van der Waals surface area contributed by atoms with E-state index in [2.05, 4.69) is 5.32 Å². The molecule has 1 aromatic carbocycles. The van der Waals surface area contributed by atoms with Gasteiger partial charge in [-0.15, -0.1) is 0 Å². The van der Waals surface area contributed by atoms with Gasteiger partial charge in [-0.2, -0.15) is 0 Å². The quantitative estimate of drug-likeness (QED) is 0.803. The largest absolute Gasteiger partial charge is 0.491 e. The van der Waals surface area contributed by atoms with Crippen LogP contribution in [0.4, 0.5) is 11.4 Å². The summed E-state index contributed by atoms with van der Waals surface area (Å²) >= 11 is 0. The van der Waals surface area contributed by atoms with Crippen LogP contribution in [0.15, 0.2) is 18.2 Å². The number of nitrogen functional groups attached to an aromatic ring is 1. The summed E-state index contributed by atoms with van der Waals surface area (Å²) in [6.07, 6.45) is 2.54. The molecular weight excluding hydrogens is 240 g/mol. The molecule has 1 unspecified atom stereocenters. The molecule has 1 saturated heterocycles. The highest BCUT2D eigenvalue weighted by Crippen LogP contribution is 2.24. The van der Waals surface area contributed by atoms with E-state index in [1.54, 1.807) is 0 Å². The van der Waals surface area contributed by atoms with Gasteiger partial charge >= 0.3 is 0 Å². The van der Waals surface area contributed by atoms with Crippen molar-refractivity contribution in [2.75, 3.05) is 30.8 Å². The van der Waals surface area contributed by atoms with Gasteiger partial charge in [-0.25, -0.2) is 0 Å². The average molecular weight is 264 g/mol. The molecule has 1 fully saturated rings. The summed E-state index contributed by atoms with van der Waals surface area (Å²) in [6, 6.07) is 5.80. The maximum Gasteiger partial charge on any atom is 0.123 e. The Bertz CT molecular complexity index is 401. The fourth-order valence-corrected chi connectivity index (χ4v) is 2.29. The minimum atomic E-state index is 0.154. The number of rotatable bonds is 5. The van der Waals surface area contributed by atoms with Crippen LogP contribution in [0, 0.1) is 5.92 Å². The minimum Gasteiger partial charge on any atom is -0.491 e. The van der Waals surface area contributed by atoms with E-state index in [1.807, 2.05) is 32.0 Å². The smallest absolute Gasteiger partial charge is 0.123 e. The number of nitrogens with two attached hydrogens (primary N) is 1. The van der Waals surface area contributed by atoms with Gasteiger partial charge in [0.15, 0.2) is 0 Å². The van der Waals surface area contributed by atoms with E-state index < -0.39 is 0 Å². The van der Waals surface area contributed by atoms with Crippen LogP contribution in [-0.2, 0) is 4.74 Å². The Morgan fingerprint density at radius 1 is 1.42 bits per heavy atom. The van der Waals surface area contributed by atoms with Crippen LogP contribution >= 0.6 is 0 Å². The standard InChI is InChI=1S/C15H24N2O2/c1-11(2)19-15-7-13(16)6-14(8-15)17-9-12-4-3-5-18-10-12/h6-8,11-12,17H,3-5,9-10,16H2,1-2H3. The van der Waals surface area contributed by atoms with E-state index in [0.717, 1.165) is 43.3 Å². The highest BCUT2D eigenvalue weighted by Gasteiger charge is 2.13. The van der Waals surface area contributed by atoms with Gasteiger partial charge in [-0.1, -0.05) is 0 Å². The zero-order valence-corrected chi connectivity index (χ0v) is 11.8. The summed E-state index contributed by atoms with van der Waals surface area (Å²) < 4.78 is 11.2. The Morgan fingerprint density at radius 2 is 2.26 bits per heavy atom. The molecular formula is C15H24N2O2. The number of benzene rings is 1. The summed E-state index contributed by atoms with van der Waals surface area (Å²) in [6.45, 7) is 6.70. The molecule has 0 amide bonds. The van der Waals surface area contributed by atoms with E-state index >= 15 is 0 Å². The molecule has 1 aromatic rings. The van der Waals surface area contributed by atoms with E-state index in [4.69, 9.17) is 15.2 Å². The monoisotopic (exact) mass is 264 g/mol. The fourth-order valence-electron chi connectivity index (χ4n) is 2.29. The van der Waals surface area contributed by atoms with Crippen LogP contribution in [0.2, 0.25) is 0 Å². The summed E-state index contributed by atoms with van der Waals surface area (Å²) in [5.74, 6) is 1.40. The van der Waals surface area contributed by atoms with Crippen LogP contribution in [0.1, 0.15) is 26.7 Å². The second-order valence-corrected chi connectivity index (χ2v) is 5.42. The summed E-state index contributed by atoms with van der Waals surface area (Å²) in [7, 11) is 0. The Morgan fingerprint density at radius 3 is 2.95 bits per heavy atom. The first-order chi connectivity index (χ1) is 9.13. The third kappa shape index (κ3) is 4.63. The number of nitrogens with one attached hydrogen (secondary N) is 1. The molecule has 0 bridgehead atoms. The molecule has 1 aliphatic rings. The molecule has 0 radical (unpaired) electrons. The molecule has 0 aliphatic carbocycles. The normalized spacial score (nSPS) is 19.4. The van der Waals surface area contributed by atoms with Gasteiger partial charge in [0.1, 0.15) is 5.75 Å². The van der Waals surface area contributed by atoms with E-state index in [9.17, 15) is 0 Å². The predicted octanol–water partition coefficient (Wildman–Crippen LogP) is 2.89.